The topological polar surface area (TPSA) is 84.3 Å². The Hall–Kier alpha value is -2.97. The number of ether oxygens (including phenoxy) is 1. The summed E-state index contributed by atoms with van der Waals surface area (Å²) in [5.74, 6) is -2.79. The summed E-state index contributed by atoms with van der Waals surface area (Å²) in [6.07, 6.45) is -4.46. The molecule has 172 valence electrons. The molecule has 3 atom stereocenters. The van der Waals surface area contributed by atoms with Crippen LogP contribution in [0.1, 0.15) is 27.9 Å². The fourth-order valence-corrected chi connectivity index (χ4v) is 5.19. The van der Waals surface area contributed by atoms with Gasteiger partial charge in [-0.3, -0.25) is 4.98 Å². The zero-order valence-corrected chi connectivity index (χ0v) is 18.0. The molecule has 11 heteroatoms. The first-order valence-electron chi connectivity index (χ1n) is 9.76. The van der Waals surface area contributed by atoms with Crippen LogP contribution >= 0.6 is 11.8 Å². The van der Waals surface area contributed by atoms with Crippen LogP contribution in [0.25, 0.3) is 11.9 Å². The number of hydrogen-bond acceptors (Lipinski definition) is 6. The number of amidine groups is 1. The maximum Gasteiger partial charge on any atom is 0.415 e. The molecule has 2 aliphatic rings. The lowest BCUT2D eigenvalue weighted by atomic mass is 9.78. The number of hydrogen-bond donors (Lipinski definition) is 1. The largest absolute Gasteiger partial charge is 0.415 e. The van der Waals surface area contributed by atoms with Gasteiger partial charge in [-0.1, -0.05) is 17.8 Å². The lowest BCUT2D eigenvalue weighted by Gasteiger charge is -2.36. The van der Waals surface area contributed by atoms with Crippen LogP contribution in [-0.4, -0.2) is 34.8 Å². The highest BCUT2D eigenvalue weighted by Gasteiger charge is 2.61. The van der Waals surface area contributed by atoms with E-state index in [1.807, 2.05) is 6.07 Å². The van der Waals surface area contributed by atoms with Crippen molar-refractivity contribution in [2.75, 3.05) is 12.4 Å². The average Bonchev–Trinajstić information content (AvgIpc) is 3.14. The Kier molecular flexibility index (Phi) is 5.92. The first-order valence-corrected chi connectivity index (χ1v) is 10.7. The summed E-state index contributed by atoms with van der Waals surface area (Å²) < 4.78 is 75.6. The molecule has 1 aromatic carbocycles. The third-order valence-corrected chi connectivity index (χ3v) is 6.60. The Labute approximate surface area is 190 Å². The van der Waals surface area contributed by atoms with Gasteiger partial charge in [-0.05, 0) is 42.3 Å². The van der Waals surface area contributed by atoms with Crippen LogP contribution < -0.4 is 5.73 Å². The number of thioether (sulfide) groups is 1. The molecule has 2 N–H and O–H groups in total. The number of halogens is 5. The van der Waals surface area contributed by atoms with Gasteiger partial charge < -0.3 is 10.5 Å². The summed E-state index contributed by atoms with van der Waals surface area (Å²) in [6.45, 7) is 1.08. The van der Waals surface area contributed by atoms with Gasteiger partial charge in [-0.2, -0.15) is 18.4 Å². The molecule has 1 fully saturated rings. The molecule has 0 bridgehead atoms. The molecule has 0 spiro atoms. The van der Waals surface area contributed by atoms with E-state index in [4.69, 9.17) is 15.7 Å². The van der Waals surface area contributed by atoms with Crippen LogP contribution in [0.4, 0.5) is 22.0 Å². The van der Waals surface area contributed by atoms with Crippen molar-refractivity contribution >= 4 is 28.8 Å². The van der Waals surface area contributed by atoms with E-state index in [0.717, 1.165) is 23.9 Å². The van der Waals surface area contributed by atoms with Crippen molar-refractivity contribution in [3.63, 3.8) is 0 Å². The van der Waals surface area contributed by atoms with Crippen molar-refractivity contribution in [3.8, 4) is 6.07 Å². The lowest BCUT2D eigenvalue weighted by molar-refractivity contribution is -0.215. The number of benzene rings is 1. The molecule has 0 amide bonds. The van der Waals surface area contributed by atoms with E-state index in [1.54, 1.807) is 6.92 Å². The number of nitriles is 1. The predicted octanol–water partition coefficient (Wildman–Crippen LogP) is 4.70. The van der Waals surface area contributed by atoms with Gasteiger partial charge in [0.1, 0.15) is 28.9 Å². The maximum atomic E-state index is 14.9. The molecule has 3 heterocycles. The van der Waals surface area contributed by atoms with Crippen molar-refractivity contribution < 1.29 is 26.7 Å². The molecule has 0 unspecified atom stereocenters. The quantitative estimate of drug-likeness (QED) is 0.644. The van der Waals surface area contributed by atoms with Crippen molar-refractivity contribution in [2.45, 2.75) is 24.7 Å². The van der Waals surface area contributed by atoms with Crippen LogP contribution in [0.15, 0.2) is 35.5 Å². The molecule has 0 radical (unpaired) electrons. The molecule has 2 aliphatic heterocycles. The number of aryl methyl sites for hydroxylation is 1. The first kappa shape index (κ1) is 23.2. The Balaban J connectivity index is 1.78. The van der Waals surface area contributed by atoms with E-state index in [2.05, 4.69) is 9.98 Å². The second-order valence-corrected chi connectivity index (χ2v) is 8.84. The van der Waals surface area contributed by atoms with E-state index < -0.39 is 42.0 Å². The van der Waals surface area contributed by atoms with Crippen molar-refractivity contribution in [1.29, 1.82) is 5.26 Å². The van der Waals surface area contributed by atoms with Crippen LogP contribution in [-0.2, 0) is 10.3 Å². The van der Waals surface area contributed by atoms with Gasteiger partial charge in [0, 0.05) is 23.4 Å². The summed E-state index contributed by atoms with van der Waals surface area (Å²) in [6, 6.07) is 6.99. The highest BCUT2D eigenvalue weighted by atomic mass is 32.2. The highest BCUT2D eigenvalue weighted by Crippen LogP contribution is 2.51. The molecule has 33 heavy (non-hydrogen) atoms. The molecule has 0 aliphatic carbocycles. The van der Waals surface area contributed by atoms with Crippen LogP contribution in [0.2, 0.25) is 0 Å². The number of pyridine rings is 1. The van der Waals surface area contributed by atoms with Crippen molar-refractivity contribution in [1.82, 2.24) is 4.98 Å². The van der Waals surface area contributed by atoms with Crippen LogP contribution in [0.3, 0.4) is 0 Å². The Bertz CT molecular complexity index is 1210. The lowest BCUT2D eigenvalue weighted by Crippen LogP contribution is -2.46. The van der Waals surface area contributed by atoms with Crippen LogP contribution in [0.5, 0.6) is 0 Å². The smallest absolute Gasteiger partial charge is 0.379 e. The zero-order chi connectivity index (χ0) is 24.0. The van der Waals surface area contributed by atoms with E-state index in [1.165, 1.54) is 24.4 Å². The second kappa shape index (κ2) is 8.43. The minimum atomic E-state index is -4.66. The Morgan fingerprint density at radius 1 is 1.36 bits per heavy atom. The number of rotatable bonds is 3. The number of aromatic nitrogens is 1. The van der Waals surface area contributed by atoms with E-state index in [-0.39, 0.29) is 33.3 Å². The average molecular weight is 480 g/mol. The number of alkyl halides is 3. The van der Waals surface area contributed by atoms with Gasteiger partial charge in [0.25, 0.3) is 0 Å². The number of nitrogens with zero attached hydrogens (tertiary/aromatic N) is 3. The van der Waals surface area contributed by atoms with E-state index in [9.17, 15) is 22.0 Å². The third kappa shape index (κ3) is 4.20. The standard InChI is InChI=1S/C22H17F5N4OS/c1-11-4-13(7-28)8-30-18(11)17(24)6-12-2-3-16(23)14(5-12)21-10-32-19(22(25,26)27)15(21)9-33-20(29)31-21/h2-6,8,15,19H,9-10H2,1H3,(H2,29,31)/b17-6-/t15-,19+,21-/m1/s1. The van der Waals surface area contributed by atoms with Gasteiger partial charge in [0.2, 0.25) is 0 Å². The van der Waals surface area contributed by atoms with Crippen molar-refractivity contribution in [2.24, 2.45) is 16.6 Å². The van der Waals surface area contributed by atoms with Crippen LogP contribution in [0, 0.1) is 30.0 Å². The normalized spacial score (nSPS) is 25.4. The maximum absolute atomic E-state index is 14.9. The Morgan fingerprint density at radius 3 is 2.79 bits per heavy atom. The highest BCUT2D eigenvalue weighted by molar-refractivity contribution is 8.13. The molecular formula is C22H17F5N4OS. The minimum Gasteiger partial charge on any atom is -0.379 e. The van der Waals surface area contributed by atoms with Crippen molar-refractivity contribution in [3.05, 3.63) is 64.2 Å². The summed E-state index contributed by atoms with van der Waals surface area (Å²) in [4.78, 5) is 8.16. The molecule has 0 saturated carbocycles. The number of nitrogens with two attached hydrogens (primary N) is 1. The monoisotopic (exact) mass is 480 g/mol. The second-order valence-electron chi connectivity index (χ2n) is 7.80. The summed E-state index contributed by atoms with van der Waals surface area (Å²) in [7, 11) is 0. The summed E-state index contributed by atoms with van der Waals surface area (Å²) in [5.41, 5.74) is 4.86. The van der Waals surface area contributed by atoms with Gasteiger partial charge in [-0.15, -0.1) is 0 Å². The molecule has 5 nitrogen and oxygen atoms in total. The molecule has 1 saturated heterocycles. The zero-order valence-electron chi connectivity index (χ0n) is 17.2. The summed E-state index contributed by atoms with van der Waals surface area (Å²) in [5, 5.41) is 8.96. The minimum absolute atomic E-state index is 0.00594. The fourth-order valence-electron chi connectivity index (χ4n) is 4.16. The van der Waals surface area contributed by atoms with Gasteiger partial charge >= 0.3 is 6.18 Å². The number of aliphatic imine (C=N–C) groups is 1. The van der Waals surface area contributed by atoms with Gasteiger partial charge in [0.05, 0.1) is 12.2 Å². The SMILES string of the molecule is Cc1cc(C#N)cnc1/C(F)=C/c1ccc(F)c([C@]23CO[C@H](C(F)(F)F)[C@H]2CSC(N)=N3)c1. The van der Waals surface area contributed by atoms with E-state index in [0.29, 0.717) is 5.56 Å². The van der Waals surface area contributed by atoms with Gasteiger partial charge in [0.15, 0.2) is 11.3 Å². The van der Waals surface area contributed by atoms with E-state index >= 15 is 0 Å². The third-order valence-electron chi connectivity index (χ3n) is 5.69. The molecular weight excluding hydrogens is 463 g/mol. The predicted molar refractivity (Wildman–Crippen MR) is 114 cm³/mol. The molecule has 4 rings (SSSR count). The number of fused-ring (bicyclic) bond motifs is 1. The fraction of sp³-hybridized carbons (Fsp3) is 0.318. The molecule has 1 aromatic heterocycles. The summed E-state index contributed by atoms with van der Waals surface area (Å²) >= 11 is 0.952. The van der Waals surface area contributed by atoms with Gasteiger partial charge in [-0.25, -0.2) is 13.8 Å². The first-order chi connectivity index (χ1) is 15.5. The Morgan fingerprint density at radius 2 is 2.12 bits per heavy atom. The molecule has 2 aromatic rings.